The minimum atomic E-state index is 0.787. The molecular formula is C17H21N3O. The van der Waals surface area contributed by atoms with E-state index in [1.165, 1.54) is 11.1 Å². The molecule has 2 aromatic rings. The van der Waals surface area contributed by atoms with Crippen LogP contribution in [0.4, 0.5) is 11.5 Å². The van der Waals surface area contributed by atoms with Gasteiger partial charge in [0.05, 0.1) is 25.1 Å². The van der Waals surface area contributed by atoms with E-state index in [1.807, 2.05) is 6.20 Å². The molecule has 21 heavy (non-hydrogen) atoms. The minimum Gasteiger partial charge on any atom is -0.380 e. The highest BCUT2D eigenvalue weighted by molar-refractivity contribution is 5.49. The summed E-state index contributed by atoms with van der Waals surface area (Å²) in [6.07, 6.45) is 1.90. The zero-order valence-corrected chi connectivity index (χ0v) is 12.4. The zero-order chi connectivity index (χ0) is 14.5. The van der Waals surface area contributed by atoms with E-state index in [0.717, 1.165) is 44.4 Å². The maximum atomic E-state index is 5.36. The zero-order valence-electron chi connectivity index (χ0n) is 12.4. The summed E-state index contributed by atoms with van der Waals surface area (Å²) in [4.78, 5) is 6.80. The van der Waals surface area contributed by atoms with Gasteiger partial charge < -0.3 is 15.0 Å². The molecule has 0 atom stereocenters. The summed E-state index contributed by atoms with van der Waals surface area (Å²) < 4.78 is 5.36. The Kier molecular flexibility index (Phi) is 4.36. The van der Waals surface area contributed by atoms with Gasteiger partial charge in [0.25, 0.3) is 0 Å². The summed E-state index contributed by atoms with van der Waals surface area (Å²) >= 11 is 0. The standard InChI is InChI=1S/C17H21N3O/c1-14-3-2-4-15(11-14)12-18-16-5-6-17(19-13-16)20-7-9-21-10-8-20/h2-6,11,13,18H,7-10,12H2,1H3. The van der Waals surface area contributed by atoms with Gasteiger partial charge in [-0.15, -0.1) is 0 Å². The predicted octanol–water partition coefficient (Wildman–Crippen LogP) is 2.84. The van der Waals surface area contributed by atoms with Crippen molar-refractivity contribution in [2.75, 3.05) is 36.5 Å². The Morgan fingerprint density at radius 1 is 1.19 bits per heavy atom. The number of benzene rings is 1. The van der Waals surface area contributed by atoms with Crippen molar-refractivity contribution in [2.45, 2.75) is 13.5 Å². The topological polar surface area (TPSA) is 37.4 Å². The number of aryl methyl sites for hydroxylation is 1. The summed E-state index contributed by atoms with van der Waals surface area (Å²) in [5.41, 5.74) is 3.62. The highest BCUT2D eigenvalue weighted by Gasteiger charge is 2.11. The van der Waals surface area contributed by atoms with Gasteiger partial charge >= 0.3 is 0 Å². The second-order valence-corrected chi connectivity index (χ2v) is 5.35. The van der Waals surface area contributed by atoms with Crippen molar-refractivity contribution in [3.8, 4) is 0 Å². The molecule has 1 aliphatic rings. The van der Waals surface area contributed by atoms with Crippen LogP contribution in [0.15, 0.2) is 42.6 Å². The fourth-order valence-corrected chi connectivity index (χ4v) is 2.50. The van der Waals surface area contributed by atoms with Crippen molar-refractivity contribution in [1.82, 2.24) is 4.98 Å². The molecule has 3 rings (SSSR count). The number of nitrogens with one attached hydrogen (secondary N) is 1. The van der Waals surface area contributed by atoms with Gasteiger partial charge in [-0.25, -0.2) is 4.98 Å². The molecule has 0 saturated carbocycles. The van der Waals surface area contributed by atoms with Crippen LogP contribution in [0.25, 0.3) is 0 Å². The summed E-state index contributed by atoms with van der Waals surface area (Å²) in [6.45, 7) is 6.35. The SMILES string of the molecule is Cc1cccc(CNc2ccc(N3CCOCC3)nc2)c1. The van der Waals surface area contributed by atoms with Gasteiger partial charge in [-0.3, -0.25) is 0 Å². The van der Waals surface area contributed by atoms with E-state index in [2.05, 4.69) is 58.5 Å². The van der Waals surface area contributed by atoms with Crippen molar-refractivity contribution in [3.05, 3.63) is 53.7 Å². The fraction of sp³-hybridized carbons (Fsp3) is 0.353. The van der Waals surface area contributed by atoms with Crippen LogP contribution in [0.5, 0.6) is 0 Å². The van der Waals surface area contributed by atoms with Gasteiger partial charge in [-0.05, 0) is 24.6 Å². The Hall–Kier alpha value is -2.07. The monoisotopic (exact) mass is 283 g/mol. The van der Waals surface area contributed by atoms with E-state index in [-0.39, 0.29) is 0 Å². The minimum absolute atomic E-state index is 0.787. The molecule has 0 spiro atoms. The normalized spacial score (nSPS) is 15.0. The Morgan fingerprint density at radius 3 is 2.76 bits per heavy atom. The lowest BCUT2D eigenvalue weighted by Gasteiger charge is -2.27. The molecule has 1 aromatic carbocycles. The third-order valence-electron chi connectivity index (χ3n) is 3.66. The van der Waals surface area contributed by atoms with Crippen LogP contribution in [0.2, 0.25) is 0 Å². The fourth-order valence-electron chi connectivity index (χ4n) is 2.50. The first-order valence-corrected chi connectivity index (χ1v) is 7.39. The van der Waals surface area contributed by atoms with Gasteiger partial charge in [0.15, 0.2) is 0 Å². The van der Waals surface area contributed by atoms with E-state index in [4.69, 9.17) is 4.74 Å². The molecule has 1 N–H and O–H groups in total. The smallest absolute Gasteiger partial charge is 0.128 e. The molecule has 1 saturated heterocycles. The van der Waals surface area contributed by atoms with Crippen LogP contribution in [0.1, 0.15) is 11.1 Å². The molecule has 4 heteroatoms. The van der Waals surface area contributed by atoms with Crippen LogP contribution >= 0.6 is 0 Å². The average Bonchev–Trinajstić information content (AvgIpc) is 2.54. The van der Waals surface area contributed by atoms with E-state index in [0.29, 0.717) is 0 Å². The van der Waals surface area contributed by atoms with Crippen molar-refractivity contribution >= 4 is 11.5 Å². The van der Waals surface area contributed by atoms with Crippen LogP contribution in [0.3, 0.4) is 0 Å². The lowest BCUT2D eigenvalue weighted by Crippen LogP contribution is -2.36. The number of ether oxygens (including phenoxy) is 1. The quantitative estimate of drug-likeness (QED) is 0.936. The number of anilines is 2. The van der Waals surface area contributed by atoms with Gasteiger partial charge in [0.1, 0.15) is 5.82 Å². The molecule has 1 aliphatic heterocycles. The van der Waals surface area contributed by atoms with Crippen LogP contribution in [-0.4, -0.2) is 31.3 Å². The number of pyridine rings is 1. The molecular weight excluding hydrogens is 262 g/mol. The Bertz CT molecular complexity index is 577. The predicted molar refractivity (Wildman–Crippen MR) is 85.8 cm³/mol. The van der Waals surface area contributed by atoms with Gasteiger partial charge in [0.2, 0.25) is 0 Å². The average molecular weight is 283 g/mol. The largest absolute Gasteiger partial charge is 0.380 e. The number of rotatable bonds is 4. The molecule has 0 amide bonds. The number of hydrogen-bond acceptors (Lipinski definition) is 4. The highest BCUT2D eigenvalue weighted by atomic mass is 16.5. The van der Waals surface area contributed by atoms with Crippen LogP contribution in [0, 0.1) is 6.92 Å². The summed E-state index contributed by atoms with van der Waals surface area (Å²) in [5.74, 6) is 1.03. The van der Waals surface area contributed by atoms with Gasteiger partial charge in [-0.2, -0.15) is 0 Å². The lowest BCUT2D eigenvalue weighted by molar-refractivity contribution is 0.122. The van der Waals surface area contributed by atoms with E-state index >= 15 is 0 Å². The second kappa shape index (κ2) is 6.59. The van der Waals surface area contributed by atoms with E-state index < -0.39 is 0 Å². The van der Waals surface area contributed by atoms with Gasteiger partial charge in [-0.1, -0.05) is 29.8 Å². The third kappa shape index (κ3) is 3.73. The van der Waals surface area contributed by atoms with Crippen molar-refractivity contribution in [1.29, 1.82) is 0 Å². The number of nitrogens with zero attached hydrogens (tertiary/aromatic N) is 2. The molecule has 1 fully saturated rings. The van der Waals surface area contributed by atoms with Crippen LogP contribution < -0.4 is 10.2 Å². The molecule has 4 nitrogen and oxygen atoms in total. The second-order valence-electron chi connectivity index (χ2n) is 5.35. The third-order valence-corrected chi connectivity index (χ3v) is 3.66. The molecule has 0 bridgehead atoms. The number of aromatic nitrogens is 1. The lowest BCUT2D eigenvalue weighted by atomic mass is 10.1. The first kappa shape index (κ1) is 13.9. The molecule has 2 heterocycles. The Balaban J connectivity index is 1.59. The maximum Gasteiger partial charge on any atom is 0.128 e. The summed E-state index contributed by atoms with van der Waals surface area (Å²) in [7, 11) is 0. The van der Waals surface area contributed by atoms with Crippen molar-refractivity contribution in [3.63, 3.8) is 0 Å². The van der Waals surface area contributed by atoms with Gasteiger partial charge in [0, 0.05) is 19.6 Å². The Morgan fingerprint density at radius 2 is 2.05 bits per heavy atom. The number of hydrogen-bond donors (Lipinski definition) is 1. The van der Waals surface area contributed by atoms with E-state index in [9.17, 15) is 0 Å². The highest BCUT2D eigenvalue weighted by Crippen LogP contribution is 2.16. The van der Waals surface area contributed by atoms with Crippen molar-refractivity contribution in [2.24, 2.45) is 0 Å². The molecule has 0 radical (unpaired) electrons. The molecule has 0 unspecified atom stereocenters. The first-order chi connectivity index (χ1) is 10.3. The summed E-state index contributed by atoms with van der Waals surface area (Å²) in [5, 5.41) is 3.41. The summed E-state index contributed by atoms with van der Waals surface area (Å²) in [6, 6.07) is 12.7. The Labute approximate surface area is 125 Å². The van der Waals surface area contributed by atoms with E-state index in [1.54, 1.807) is 0 Å². The molecule has 110 valence electrons. The number of morpholine rings is 1. The maximum absolute atomic E-state index is 5.36. The van der Waals surface area contributed by atoms with Crippen LogP contribution in [-0.2, 0) is 11.3 Å². The first-order valence-electron chi connectivity index (χ1n) is 7.39. The van der Waals surface area contributed by atoms with Crippen molar-refractivity contribution < 1.29 is 4.74 Å². The molecule has 0 aliphatic carbocycles. The molecule has 1 aromatic heterocycles.